The summed E-state index contributed by atoms with van der Waals surface area (Å²) in [6.07, 6.45) is 5.23. The molecule has 0 saturated heterocycles. The molecule has 2 N–H and O–H groups in total. The number of hydrogen-bond acceptors (Lipinski definition) is 4. The number of ether oxygens (including phenoxy) is 1. The monoisotopic (exact) mass is 308 g/mol. The van der Waals surface area contributed by atoms with E-state index in [1.54, 1.807) is 38.6 Å². The lowest BCUT2D eigenvalue weighted by Gasteiger charge is -2.14. The maximum atomic E-state index is 12.2. The molecule has 6 heteroatoms. The highest BCUT2D eigenvalue weighted by Crippen LogP contribution is 2.35. The molecule has 1 rings (SSSR count). The van der Waals surface area contributed by atoms with Gasteiger partial charge in [0.2, 0.25) is 0 Å². The average molecular weight is 308 g/mol. The summed E-state index contributed by atoms with van der Waals surface area (Å²) in [6, 6.07) is 5.14. The molecule has 1 amide bonds. The van der Waals surface area contributed by atoms with Gasteiger partial charge in [-0.2, -0.15) is 0 Å². The summed E-state index contributed by atoms with van der Waals surface area (Å²) >= 11 is 0. The molecule has 0 aromatic heterocycles. The van der Waals surface area contributed by atoms with Gasteiger partial charge in [0, 0.05) is 24.6 Å². The number of terminal acetylenes is 1. The Labute approximate surface area is 125 Å². The topological polar surface area (TPSA) is 67.4 Å². The van der Waals surface area contributed by atoms with Crippen LogP contribution in [0.3, 0.4) is 0 Å². The number of nitrogens with one attached hydrogen (secondary N) is 2. The summed E-state index contributed by atoms with van der Waals surface area (Å²) in [6.45, 7) is 4.49. The number of benzene rings is 1. The van der Waals surface area contributed by atoms with Crippen LogP contribution >= 0.6 is 7.14 Å². The lowest BCUT2D eigenvalue weighted by Crippen LogP contribution is -2.28. The van der Waals surface area contributed by atoms with Crippen LogP contribution in [0.25, 0.3) is 0 Å². The Bertz CT molecular complexity index is 587. The van der Waals surface area contributed by atoms with Crippen molar-refractivity contribution in [2.45, 2.75) is 0 Å². The van der Waals surface area contributed by atoms with Gasteiger partial charge in [-0.1, -0.05) is 5.92 Å². The Hall–Kier alpha value is -1.76. The second-order valence-corrected chi connectivity index (χ2v) is 8.11. The molecule has 0 saturated carbocycles. The number of anilines is 1. The van der Waals surface area contributed by atoms with E-state index in [4.69, 9.17) is 11.2 Å². The molecule has 0 unspecified atom stereocenters. The fourth-order valence-electron chi connectivity index (χ4n) is 1.72. The first-order valence-electron chi connectivity index (χ1n) is 6.54. The van der Waals surface area contributed by atoms with Crippen LogP contribution < -0.4 is 15.9 Å². The lowest BCUT2D eigenvalue weighted by molar-refractivity contribution is 0.0938. The van der Waals surface area contributed by atoms with Crippen LogP contribution in [0, 0.1) is 12.3 Å². The smallest absolute Gasteiger partial charge is 0.253 e. The lowest BCUT2D eigenvalue weighted by atomic mass is 10.1. The second kappa shape index (κ2) is 7.87. The van der Waals surface area contributed by atoms with E-state index in [0.29, 0.717) is 36.3 Å². The van der Waals surface area contributed by atoms with Crippen molar-refractivity contribution >= 4 is 24.0 Å². The van der Waals surface area contributed by atoms with Crippen molar-refractivity contribution in [2.75, 3.05) is 45.5 Å². The molecule has 5 nitrogen and oxygen atoms in total. The number of carbonyl (C=O) groups excluding carboxylic acids is 1. The molecule has 0 heterocycles. The highest BCUT2D eigenvalue weighted by molar-refractivity contribution is 7.70. The van der Waals surface area contributed by atoms with Crippen LogP contribution in [0.2, 0.25) is 0 Å². The minimum atomic E-state index is -2.43. The van der Waals surface area contributed by atoms with Gasteiger partial charge in [-0.05, 0) is 31.5 Å². The molecule has 21 heavy (non-hydrogen) atoms. The summed E-state index contributed by atoms with van der Waals surface area (Å²) in [5.74, 6) is 2.21. The molecule has 114 valence electrons. The zero-order chi connectivity index (χ0) is 15.9. The number of rotatable bonds is 7. The van der Waals surface area contributed by atoms with E-state index in [-0.39, 0.29) is 5.91 Å². The molecule has 0 aliphatic rings. The predicted molar refractivity (Wildman–Crippen MR) is 87.1 cm³/mol. The molecule has 0 aliphatic heterocycles. The van der Waals surface area contributed by atoms with E-state index in [9.17, 15) is 9.36 Å². The molecule has 0 fully saturated rings. The third-order valence-electron chi connectivity index (χ3n) is 2.84. The highest BCUT2D eigenvalue weighted by atomic mass is 31.2. The molecule has 0 radical (unpaired) electrons. The van der Waals surface area contributed by atoms with Gasteiger partial charge < -0.3 is 19.9 Å². The largest absolute Gasteiger partial charge is 0.383 e. The SMILES string of the molecule is C#CCNc1ccc(P(C)(C)=O)cc1C(=O)NCCOC. The molecule has 0 bridgehead atoms. The minimum absolute atomic E-state index is 0.248. The third kappa shape index (κ3) is 5.26. The van der Waals surface area contributed by atoms with E-state index in [0.717, 1.165) is 0 Å². The zero-order valence-corrected chi connectivity index (χ0v) is 13.5. The predicted octanol–water partition coefficient (Wildman–Crippen LogP) is 1.36. The summed E-state index contributed by atoms with van der Waals surface area (Å²) in [4.78, 5) is 12.2. The van der Waals surface area contributed by atoms with Crippen molar-refractivity contribution in [2.24, 2.45) is 0 Å². The minimum Gasteiger partial charge on any atom is -0.383 e. The number of carbonyl (C=O) groups is 1. The summed E-state index contributed by atoms with van der Waals surface area (Å²) in [5.41, 5.74) is 1.06. The fourth-order valence-corrected chi connectivity index (χ4v) is 2.59. The summed E-state index contributed by atoms with van der Waals surface area (Å²) in [7, 11) is -0.868. The van der Waals surface area contributed by atoms with Crippen LogP contribution in [0.15, 0.2) is 18.2 Å². The van der Waals surface area contributed by atoms with Crippen molar-refractivity contribution < 1.29 is 14.1 Å². The molecule has 0 atom stereocenters. The first-order chi connectivity index (χ1) is 9.90. The normalized spacial score (nSPS) is 10.8. The van der Waals surface area contributed by atoms with Crippen molar-refractivity contribution in [3.63, 3.8) is 0 Å². The average Bonchev–Trinajstić information content (AvgIpc) is 2.44. The third-order valence-corrected chi connectivity index (χ3v) is 4.36. The summed E-state index contributed by atoms with van der Waals surface area (Å²) in [5, 5.41) is 6.40. The quantitative estimate of drug-likeness (QED) is 0.453. The van der Waals surface area contributed by atoms with Crippen LogP contribution in [0.1, 0.15) is 10.4 Å². The van der Waals surface area contributed by atoms with E-state index >= 15 is 0 Å². The van der Waals surface area contributed by atoms with E-state index < -0.39 is 7.14 Å². The van der Waals surface area contributed by atoms with Crippen LogP contribution in [-0.2, 0) is 9.30 Å². The molecular weight excluding hydrogens is 287 g/mol. The maximum absolute atomic E-state index is 12.2. The Morgan fingerprint density at radius 2 is 2.14 bits per heavy atom. The van der Waals surface area contributed by atoms with Crippen LogP contribution in [0.4, 0.5) is 5.69 Å². The maximum Gasteiger partial charge on any atom is 0.253 e. The Morgan fingerprint density at radius 1 is 1.43 bits per heavy atom. The van der Waals surface area contributed by atoms with Crippen molar-refractivity contribution in [3.8, 4) is 12.3 Å². The molecule has 0 spiro atoms. The van der Waals surface area contributed by atoms with Crippen molar-refractivity contribution in [1.82, 2.24) is 5.32 Å². The molecule has 1 aromatic carbocycles. The number of hydrogen-bond donors (Lipinski definition) is 2. The highest BCUT2D eigenvalue weighted by Gasteiger charge is 2.17. The van der Waals surface area contributed by atoms with Gasteiger partial charge in [-0.25, -0.2) is 0 Å². The zero-order valence-electron chi connectivity index (χ0n) is 12.6. The Kier molecular flexibility index (Phi) is 6.48. The van der Waals surface area contributed by atoms with Gasteiger partial charge in [0.05, 0.1) is 18.7 Å². The van der Waals surface area contributed by atoms with Gasteiger partial charge in [0.15, 0.2) is 0 Å². The van der Waals surface area contributed by atoms with E-state index in [1.165, 1.54) is 0 Å². The van der Waals surface area contributed by atoms with Crippen molar-refractivity contribution in [3.05, 3.63) is 23.8 Å². The molecule has 0 aliphatic carbocycles. The standard InChI is InChI=1S/C15H21N2O3P/c1-5-8-16-14-7-6-12(21(3,4)19)11-13(14)15(18)17-9-10-20-2/h1,6-7,11,16H,8-10H2,2-4H3,(H,17,18). The van der Waals surface area contributed by atoms with Gasteiger partial charge in [0.25, 0.3) is 5.91 Å². The van der Waals surface area contributed by atoms with E-state index in [1.807, 2.05) is 0 Å². The summed E-state index contributed by atoms with van der Waals surface area (Å²) < 4.78 is 17.1. The molecule has 1 aromatic rings. The Morgan fingerprint density at radius 3 is 2.71 bits per heavy atom. The second-order valence-electron chi connectivity index (χ2n) is 4.89. The van der Waals surface area contributed by atoms with Gasteiger partial charge >= 0.3 is 0 Å². The van der Waals surface area contributed by atoms with Gasteiger partial charge in [0.1, 0.15) is 7.14 Å². The van der Waals surface area contributed by atoms with Crippen molar-refractivity contribution in [1.29, 1.82) is 0 Å². The van der Waals surface area contributed by atoms with E-state index in [2.05, 4.69) is 16.6 Å². The van der Waals surface area contributed by atoms with Crippen LogP contribution in [-0.4, -0.2) is 46.0 Å². The first kappa shape index (κ1) is 17.3. The number of methoxy groups -OCH3 is 1. The van der Waals surface area contributed by atoms with Gasteiger partial charge in [-0.15, -0.1) is 6.42 Å². The Balaban J connectivity index is 3.07. The van der Waals surface area contributed by atoms with Gasteiger partial charge in [-0.3, -0.25) is 4.79 Å². The van der Waals surface area contributed by atoms with Crippen LogP contribution in [0.5, 0.6) is 0 Å². The fraction of sp³-hybridized carbons (Fsp3) is 0.400. The number of amides is 1. The molecular formula is C15H21N2O3P. The first-order valence-corrected chi connectivity index (χ1v) is 9.14.